The Labute approximate surface area is 196 Å². The summed E-state index contributed by atoms with van der Waals surface area (Å²) in [6, 6.07) is 8.79. The topological polar surface area (TPSA) is 52.6 Å². The molecule has 4 rings (SSSR count). The minimum absolute atomic E-state index is 0.0476. The lowest BCUT2D eigenvalue weighted by Gasteiger charge is -2.24. The van der Waals surface area contributed by atoms with Crippen LogP contribution < -0.4 is 10.2 Å². The van der Waals surface area contributed by atoms with Crippen LogP contribution in [0.25, 0.3) is 5.57 Å². The molecule has 0 saturated carbocycles. The molecule has 2 aromatic carbocycles. The van der Waals surface area contributed by atoms with Crippen molar-refractivity contribution in [3.63, 3.8) is 0 Å². The Morgan fingerprint density at radius 2 is 1.94 bits per heavy atom. The number of phenolic OH excluding ortho intramolecular Hbond substituents is 1. The Bertz CT molecular complexity index is 1120. The third-order valence-corrected chi connectivity index (χ3v) is 6.11. The number of halogens is 3. The van der Waals surface area contributed by atoms with Crippen molar-refractivity contribution in [3.05, 3.63) is 86.5 Å². The van der Waals surface area contributed by atoms with Gasteiger partial charge in [0.2, 0.25) is 0 Å². The van der Waals surface area contributed by atoms with E-state index in [2.05, 4.69) is 40.7 Å². The Morgan fingerprint density at radius 3 is 2.77 bits per heavy atom. The minimum Gasteiger partial charge on any atom is -0.506 e. The first-order chi connectivity index (χ1) is 14.9. The number of nitrogens with zero attached hydrogens (tertiary/aromatic N) is 1. The number of benzene rings is 2. The number of phenols is 1. The molecule has 2 aromatic rings. The molecular weight excluding hydrogens is 455 g/mol. The number of aromatic hydroxyl groups is 1. The molecule has 0 fully saturated rings. The van der Waals surface area contributed by atoms with Crippen molar-refractivity contribution in [2.45, 2.75) is 19.3 Å². The third-order valence-electron chi connectivity index (χ3n) is 5.37. The molecule has 0 aromatic heterocycles. The molecule has 0 atom stereocenters. The largest absolute Gasteiger partial charge is 0.506 e. The molecule has 0 spiro atoms. The zero-order valence-electron chi connectivity index (χ0n) is 16.7. The molecule has 31 heavy (non-hydrogen) atoms. The summed E-state index contributed by atoms with van der Waals surface area (Å²) < 4.78 is 0. The van der Waals surface area contributed by atoms with Crippen LogP contribution in [-0.2, 0) is 0 Å². The zero-order chi connectivity index (χ0) is 22.0. The fourth-order valence-corrected chi connectivity index (χ4v) is 4.52. The number of anilines is 1. The van der Waals surface area contributed by atoms with E-state index in [0.29, 0.717) is 29.6 Å². The van der Waals surface area contributed by atoms with E-state index in [1.54, 1.807) is 0 Å². The summed E-state index contributed by atoms with van der Waals surface area (Å²) in [4.78, 5) is 14.6. The summed E-state index contributed by atoms with van der Waals surface area (Å²) in [5, 5.41) is 13.9. The molecular formula is C24H21Cl3N2O2. The third kappa shape index (κ3) is 4.77. The molecule has 1 heterocycles. The van der Waals surface area contributed by atoms with Crippen LogP contribution in [0, 0.1) is 0 Å². The zero-order valence-corrected chi connectivity index (χ0v) is 18.9. The van der Waals surface area contributed by atoms with Gasteiger partial charge < -0.3 is 15.3 Å². The standard InChI is InChI=1S/C24H21Cl3N2O2/c25-16-6-7-19-18-5-2-1-4-15(18)8-11-29(22(19)14-16)10-3-9-28-24(31)20-12-17(26)13-21(27)23(20)30/h1,4,6-8,11-14,30H,2-3,5,9-10H2,(H,28,31). The van der Waals surface area contributed by atoms with Crippen molar-refractivity contribution >= 4 is 52.0 Å². The molecule has 7 heteroatoms. The number of allylic oxidation sites excluding steroid dienone is 5. The fourth-order valence-electron chi connectivity index (χ4n) is 3.86. The van der Waals surface area contributed by atoms with Crippen molar-refractivity contribution in [1.29, 1.82) is 0 Å². The van der Waals surface area contributed by atoms with E-state index >= 15 is 0 Å². The Hall–Kier alpha value is -2.40. The number of nitrogens with one attached hydrogen (secondary N) is 1. The minimum atomic E-state index is -0.418. The molecule has 0 saturated heterocycles. The van der Waals surface area contributed by atoms with Crippen LogP contribution in [0.15, 0.2) is 60.3 Å². The molecule has 0 radical (unpaired) electrons. The second kappa shape index (κ2) is 9.39. The van der Waals surface area contributed by atoms with Crippen LogP contribution in [-0.4, -0.2) is 24.1 Å². The number of carbonyl (C=O) groups excluding carboxylic acids is 1. The molecule has 0 bridgehead atoms. The lowest BCUT2D eigenvalue weighted by Crippen LogP contribution is -2.28. The quantitative estimate of drug-likeness (QED) is 0.478. The number of amides is 1. The van der Waals surface area contributed by atoms with Crippen LogP contribution in [0.3, 0.4) is 0 Å². The van der Waals surface area contributed by atoms with Crippen LogP contribution in [0.1, 0.15) is 35.2 Å². The molecule has 160 valence electrons. The van der Waals surface area contributed by atoms with Crippen LogP contribution in [0.2, 0.25) is 15.1 Å². The van der Waals surface area contributed by atoms with Gasteiger partial charge in [0.1, 0.15) is 5.75 Å². The molecule has 4 nitrogen and oxygen atoms in total. The summed E-state index contributed by atoms with van der Waals surface area (Å²) >= 11 is 18.2. The highest BCUT2D eigenvalue weighted by Crippen LogP contribution is 2.39. The summed E-state index contributed by atoms with van der Waals surface area (Å²) in [7, 11) is 0. The Balaban J connectivity index is 1.44. The van der Waals surface area contributed by atoms with E-state index in [1.165, 1.54) is 28.8 Å². The van der Waals surface area contributed by atoms with E-state index in [1.807, 2.05) is 12.1 Å². The first kappa shape index (κ1) is 21.8. The van der Waals surface area contributed by atoms with Gasteiger partial charge in [0.05, 0.1) is 10.6 Å². The van der Waals surface area contributed by atoms with E-state index in [4.69, 9.17) is 34.8 Å². The molecule has 1 aliphatic carbocycles. The lowest BCUT2D eigenvalue weighted by molar-refractivity contribution is 0.0951. The molecule has 0 unspecified atom stereocenters. The second-order valence-electron chi connectivity index (χ2n) is 7.44. The van der Waals surface area contributed by atoms with Crippen LogP contribution >= 0.6 is 34.8 Å². The summed E-state index contributed by atoms with van der Waals surface area (Å²) in [5.74, 6) is -0.689. The number of carbonyl (C=O) groups is 1. The van der Waals surface area contributed by atoms with Crippen molar-refractivity contribution in [2.24, 2.45) is 0 Å². The van der Waals surface area contributed by atoms with E-state index < -0.39 is 5.91 Å². The lowest BCUT2D eigenvalue weighted by atomic mass is 9.91. The normalized spacial score (nSPS) is 14.9. The molecule has 1 aliphatic heterocycles. The van der Waals surface area contributed by atoms with Gasteiger partial charge in [-0.3, -0.25) is 4.79 Å². The predicted octanol–water partition coefficient (Wildman–Crippen LogP) is 6.61. The highest BCUT2D eigenvalue weighted by Gasteiger charge is 2.20. The highest BCUT2D eigenvalue weighted by molar-refractivity contribution is 6.36. The number of rotatable bonds is 5. The van der Waals surface area contributed by atoms with Crippen LogP contribution in [0.4, 0.5) is 5.69 Å². The maximum atomic E-state index is 12.4. The van der Waals surface area contributed by atoms with Gasteiger partial charge in [-0.25, -0.2) is 0 Å². The first-order valence-electron chi connectivity index (χ1n) is 10.0. The average molecular weight is 476 g/mol. The summed E-state index contributed by atoms with van der Waals surface area (Å²) in [6.45, 7) is 1.12. The van der Waals surface area contributed by atoms with E-state index in [0.717, 1.165) is 18.5 Å². The fraction of sp³-hybridized carbons (Fsp3) is 0.208. The number of hydrogen-bond donors (Lipinski definition) is 2. The van der Waals surface area contributed by atoms with Crippen molar-refractivity contribution in [3.8, 4) is 5.75 Å². The van der Waals surface area contributed by atoms with Gasteiger partial charge in [-0.05, 0) is 60.8 Å². The SMILES string of the molecule is O=C(NCCCN1C=CC2=C(CCC=C2)c2ccc(Cl)cc21)c1cc(Cl)cc(Cl)c1O. The van der Waals surface area contributed by atoms with Crippen molar-refractivity contribution < 1.29 is 9.90 Å². The highest BCUT2D eigenvalue weighted by atomic mass is 35.5. The predicted molar refractivity (Wildman–Crippen MR) is 128 cm³/mol. The molecule has 1 amide bonds. The summed E-state index contributed by atoms with van der Waals surface area (Å²) in [5.41, 5.74) is 4.87. The second-order valence-corrected chi connectivity index (χ2v) is 8.72. The smallest absolute Gasteiger partial charge is 0.255 e. The number of fused-ring (bicyclic) bond motifs is 2. The number of hydrogen-bond acceptors (Lipinski definition) is 3. The van der Waals surface area contributed by atoms with E-state index in [9.17, 15) is 9.90 Å². The van der Waals surface area contributed by atoms with Gasteiger partial charge in [0.15, 0.2) is 0 Å². The molecule has 2 aliphatic rings. The monoisotopic (exact) mass is 474 g/mol. The van der Waals surface area contributed by atoms with Gasteiger partial charge in [-0.1, -0.05) is 53.0 Å². The van der Waals surface area contributed by atoms with Gasteiger partial charge in [0.25, 0.3) is 5.91 Å². The maximum absolute atomic E-state index is 12.4. The van der Waals surface area contributed by atoms with Crippen LogP contribution in [0.5, 0.6) is 5.75 Å². The average Bonchev–Trinajstić information content (AvgIpc) is 2.90. The Morgan fingerprint density at radius 1 is 1.10 bits per heavy atom. The first-order valence-corrected chi connectivity index (χ1v) is 11.2. The van der Waals surface area contributed by atoms with Gasteiger partial charge in [0, 0.05) is 40.6 Å². The van der Waals surface area contributed by atoms with Crippen molar-refractivity contribution in [1.82, 2.24) is 5.32 Å². The van der Waals surface area contributed by atoms with E-state index in [-0.39, 0.29) is 16.3 Å². The summed E-state index contributed by atoms with van der Waals surface area (Å²) in [6.07, 6.45) is 11.3. The van der Waals surface area contributed by atoms with Gasteiger partial charge in [-0.2, -0.15) is 0 Å². The maximum Gasteiger partial charge on any atom is 0.255 e. The van der Waals surface area contributed by atoms with Crippen molar-refractivity contribution in [2.75, 3.05) is 18.0 Å². The van der Waals surface area contributed by atoms with Gasteiger partial charge >= 0.3 is 0 Å². The molecule has 2 N–H and O–H groups in total. The Kier molecular flexibility index (Phi) is 6.61. The van der Waals surface area contributed by atoms with Gasteiger partial charge in [-0.15, -0.1) is 0 Å².